The minimum absolute atomic E-state index is 0. The molecular weight excluding hydrogens is 459 g/mol. The first-order valence-corrected chi connectivity index (χ1v) is 11.6. The van der Waals surface area contributed by atoms with E-state index >= 15 is 0 Å². The maximum atomic E-state index is 13.5. The molecule has 7 nitrogen and oxygen atoms in total. The number of hydrogen-bond donors (Lipinski definition) is 1. The summed E-state index contributed by atoms with van der Waals surface area (Å²) in [4.78, 5) is 22.4. The maximum Gasteiger partial charge on any atom is 0.233 e. The summed E-state index contributed by atoms with van der Waals surface area (Å²) in [5.41, 5.74) is 9.29. The van der Waals surface area contributed by atoms with Gasteiger partial charge in [0.05, 0.1) is 17.2 Å². The molecule has 0 radical (unpaired) electrons. The number of nitrogens with zero attached hydrogens (tertiary/aromatic N) is 5. The molecule has 0 spiro atoms. The van der Waals surface area contributed by atoms with Gasteiger partial charge in [0.25, 0.3) is 0 Å². The Bertz CT molecular complexity index is 1190. The van der Waals surface area contributed by atoms with Crippen LogP contribution in [-0.2, 0) is 10.2 Å². The van der Waals surface area contributed by atoms with Crippen LogP contribution < -0.4 is 10.6 Å². The van der Waals surface area contributed by atoms with Crippen LogP contribution in [0.1, 0.15) is 49.0 Å². The van der Waals surface area contributed by atoms with E-state index in [4.69, 9.17) is 27.4 Å². The van der Waals surface area contributed by atoms with E-state index in [1.165, 1.54) is 0 Å². The predicted octanol–water partition coefficient (Wildman–Crippen LogP) is 3.90. The van der Waals surface area contributed by atoms with Gasteiger partial charge < -0.3 is 15.5 Å². The Morgan fingerprint density at radius 2 is 2.09 bits per heavy atom. The van der Waals surface area contributed by atoms with Gasteiger partial charge in [-0.25, -0.2) is 9.50 Å². The monoisotopic (exact) mass is 488 g/mol. The van der Waals surface area contributed by atoms with Crippen LogP contribution in [0.5, 0.6) is 0 Å². The lowest BCUT2D eigenvalue weighted by Crippen LogP contribution is -2.38. The van der Waals surface area contributed by atoms with Crippen LogP contribution in [0.4, 0.5) is 5.82 Å². The number of halogens is 2. The molecule has 0 bridgehead atoms. The highest BCUT2D eigenvalue weighted by Crippen LogP contribution is 2.50. The highest BCUT2D eigenvalue weighted by molar-refractivity contribution is 6.30. The fourth-order valence-corrected chi connectivity index (χ4v) is 4.96. The van der Waals surface area contributed by atoms with Gasteiger partial charge in [0, 0.05) is 49.0 Å². The highest BCUT2D eigenvalue weighted by Gasteiger charge is 2.53. The lowest BCUT2D eigenvalue weighted by molar-refractivity contribution is -0.134. The van der Waals surface area contributed by atoms with Crippen molar-refractivity contribution in [2.24, 2.45) is 5.73 Å². The fraction of sp³-hybridized carbons (Fsp3) is 0.458. The summed E-state index contributed by atoms with van der Waals surface area (Å²) in [5, 5.41) is 5.41. The molecule has 1 saturated heterocycles. The molecule has 2 N–H and O–H groups in total. The number of anilines is 1. The summed E-state index contributed by atoms with van der Waals surface area (Å²) < 4.78 is 1.81. The second-order valence-electron chi connectivity index (χ2n) is 9.30. The Morgan fingerprint density at radius 1 is 1.33 bits per heavy atom. The van der Waals surface area contributed by atoms with Crippen molar-refractivity contribution in [2.75, 3.05) is 25.0 Å². The zero-order valence-electron chi connectivity index (χ0n) is 19.2. The van der Waals surface area contributed by atoms with Crippen LogP contribution in [-0.4, -0.2) is 51.6 Å². The summed E-state index contributed by atoms with van der Waals surface area (Å²) in [6.07, 6.45) is 4.68. The normalized spacial score (nSPS) is 19.9. The minimum atomic E-state index is -0.469. The minimum Gasteiger partial charge on any atom is -0.355 e. The van der Waals surface area contributed by atoms with E-state index in [0.29, 0.717) is 5.02 Å². The zero-order chi connectivity index (χ0) is 22.6. The van der Waals surface area contributed by atoms with E-state index in [1.54, 1.807) is 0 Å². The smallest absolute Gasteiger partial charge is 0.233 e. The molecule has 1 saturated carbocycles. The van der Waals surface area contributed by atoms with E-state index in [1.807, 2.05) is 66.8 Å². The predicted molar refractivity (Wildman–Crippen MR) is 133 cm³/mol. The molecule has 1 aliphatic heterocycles. The van der Waals surface area contributed by atoms with Gasteiger partial charge in [-0.3, -0.25) is 4.79 Å². The van der Waals surface area contributed by atoms with E-state index in [9.17, 15) is 4.79 Å². The lowest BCUT2D eigenvalue weighted by atomic mass is 9.94. The first-order valence-electron chi connectivity index (χ1n) is 11.2. The summed E-state index contributed by atoms with van der Waals surface area (Å²) in [6.45, 7) is 5.81. The number of aryl methyl sites for hydroxylation is 1. The number of carbonyl (C=O) groups excluding carboxylic acids is 1. The molecule has 5 rings (SSSR count). The summed E-state index contributed by atoms with van der Waals surface area (Å²) in [5.74, 6) is 1.08. The largest absolute Gasteiger partial charge is 0.355 e. The van der Waals surface area contributed by atoms with Crippen LogP contribution in [0.25, 0.3) is 5.65 Å². The number of carbonyl (C=O) groups is 1. The van der Waals surface area contributed by atoms with Gasteiger partial charge >= 0.3 is 0 Å². The Balaban J connectivity index is 0.00000259. The third kappa shape index (κ3) is 4.18. The van der Waals surface area contributed by atoms with E-state index in [-0.39, 0.29) is 30.4 Å². The second-order valence-corrected chi connectivity index (χ2v) is 9.74. The third-order valence-electron chi connectivity index (χ3n) is 7.01. The van der Waals surface area contributed by atoms with Crippen LogP contribution in [0.3, 0.4) is 0 Å². The van der Waals surface area contributed by atoms with Crippen molar-refractivity contribution >= 4 is 41.4 Å². The molecule has 2 aliphatic rings. The summed E-state index contributed by atoms with van der Waals surface area (Å²) >= 11 is 6.19. The number of amides is 1. The number of fused-ring (bicyclic) bond motifs is 1. The van der Waals surface area contributed by atoms with Crippen molar-refractivity contribution in [3.63, 3.8) is 0 Å². The molecule has 1 aliphatic carbocycles. The first-order chi connectivity index (χ1) is 15.3. The molecule has 0 unspecified atom stereocenters. The molecular formula is C24H30Cl2N6O. The number of aromatic nitrogens is 3. The van der Waals surface area contributed by atoms with Gasteiger partial charge in [0.15, 0.2) is 5.65 Å². The van der Waals surface area contributed by atoms with Crippen molar-refractivity contribution in [1.82, 2.24) is 19.5 Å². The highest BCUT2D eigenvalue weighted by atomic mass is 35.5. The van der Waals surface area contributed by atoms with Gasteiger partial charge in [-0.2, -0.15) is 5.10 Å². The molecule has 3 aromatic rings. The molecule has 9 heteroatoms. The Kier molecular flexibility index (Phi) is 6.33. The number of likely N-dealkylation sites (N-methyl/N-ethyl adjacent to an activating group) is 1. The maximum absolute atomic E-state index is 13.5. The molecule has 33 heavy (non-hydrogen) atoms. The topological polar surface area (TPSA) is 79.8 Å². The van der Waals surface area contributed by atoms with E-state index in [0.717, 1.165) is 60.6 Å². The van der Waals surface area contributed by atoms with Crippen molar-refractivity contribution in [1.29, 1.82) is 0 Å². The molecule has 2 aromatic heterocycles. The Morgan fingerprint density at radius 3 is 2.73 bits per heavy atom. The van der Waals surface area contributed by atoms with Gasteiger partial charge in [-0.15, -0.1) is 12.4 Å². The number of benzene rings is 1. The van der Waals surface area contributed by atoms with Gasteiger partial charge in [-0.05, 0) is 50.8 Å². The SMILES string of the molecule is Cc1cn2nc([C@H](C)N(C)C(=O)C3(c4cccc(Cl)c4)CC3)cc2nc1N1CC[C@H](N)C1.Cl. The van der Waals surface area contributed by atoms with Crippen LogP contribution >= 0.6 is 24.0 Å². The van der Waals surface area contributed by atoms with Crippen molar-refractivity contribution in [3.8, 4) is 0 Å². The Hall–Kier alpha value is -2.35. The van der Waals surface area contributed by atoms with Crippen LogP contribution in [0.15, 0.2) is 36.5 Å². The summed E-state index contributed by atoms with van der Waals surface area (Å²) in [7, 11) is 1.86. The molecule has 1 amide bonds. The summed E-state index contributed by atoms with van der Waals surface area (Å²) in [6, 6.07) is 9.66. The van der Waals surface area contributed by atoms with Crippen LogP contribution in [0, 0.1) is 6.92 Å². The third-order valence-corrected chi connectivity index (χ3v) is 7.25. The van der Waals surface area contributed by atoms with E-state index < -0.39 is 5.41 Å². The molecule has 2 atom stereocenters. The standard InChI is InChI=1S/C24H29ClN6O.ClH/c1-15-13-31-21(27-22(15)30-10-7-19(26)14-30)12-20(28-31)16(2)29(3)23(32)24(8-9-24)17-5-4-6-18(25)11-17;/h4-6,11-13,16,19H,7-10,14,26H2,1-3H3;1H/t16-,19-;/m0./s1. The van der Waals surface area contributed by atoms with Gasteiger partial charge in [-0.1, -0.05) is 23.7 Å². The number of hydrogen-bond acceptors (Lipinski definition) is 5. The van der Waals surface area contributed by atoms with Crippen molar-refractivity contribution < 1.29 is 4.79 Å². The van der Waals surface area contributed by atoms with E-state index in [2.05, 4.69) is 4.90 Å². The average Bonchev–Trinajstić information content (AvgIpc) is 3.31. The lowest BCUT2D eigenvalue weighted by Gasteiger charge is -2.28. The fourth-order valence-electron chi connectivity index (χ4n) is 4.77. The molecule has 1 aromatic carbocycles. The second kappa shape index (κ2) is 8.78. The van der Waals surface area contributed by atoms with Gasteiger partial charge in [0.2, 0.25) is 5.91 Å². The van der Waals surface area contributed by atoms with Crippen molar-refractivity contribution in [3.05, 3.63) is 58.4 Å². The molecule has 3 heterocycles. The van der Waals surface area contributed by atoms with Gasteiger partial charge in [0.1, 0.15) is 5.82 Å². The number of nitrogens with two attached hydrogens (primary N) is 1. The number of rotatable bonds is 5. The quantitative estimate of drug-likeness (QED) is 0.588. The molecule has 2 fully saturated rings. The van der Waals surface area contributed by atoms with Crippen LogP contribution in [0.2, 0.25) is 5.02 Å². The zero-order valence-corrected chi connectivity index (χ0v) is 20.7. The van der Waals surface area contributed by atoms with Crippen molar-refractivity contribution in [2.45, 2.75) is 50.6 Å². The average molecular weight is 489 g/mol. The Labute approximate surface area is 205 Å². The first kappa shape index (κ1) is 23.8. The molecule has 176 valence electrons.